The van der Waals surface area contributed by atoms with Crippen molar-refractivity contribution >= 4 is 39.9 Å². The van der Waals surface area contributed by atoms with Gasteiger partial charge in [-0.25, -0.2) is 14.8 Å². The zero-order valence-corrected chi connectivity index (χ0v) is 23.5. The zero-order chi connectivity index (χ0) is 28.4. The summed E-state index contributed by atoms with van der Waals surface area (Å²) in [6.45, 7) is 2.45. The lowest BCUT2D eigenvalue weighted by atomic mass is 10.1. The van der Waals surface area contributed by atoms with Crippen molar-refractivity contribution in [3.8, 4) is 17.0 Å². The van der Waals surface area contributed by atoms with Gasteiger partial charge in [0.1, 0.15) is 17.4 Å². The van der Waals surface area contributed by atoms with Gasteiger partial charge in [0.2, 0.25) is 5.95 Å². The highest BCUT2D eigenvalue weighted by molar-refractivity contribution is 6.03. The minimum atomic E-state index is -0.491. The van der Waals surface area contributed by atoms with E-state index < -0.39 is 5.97 Å². The highest BCUT2D eigenvalue weighted by Gasteiger charge is 2.27. The second-order valence-corrected chi connectivity index (χ2v) is 10.2. The molecule has 210 valence electrons. The number of benzene rings is 2. The van der Waals surface area contributed by atoms with Crippen LogP contribution < -0.4 is 20.7 Å². The number of esters is 1. The van der Waals surface area contributed by atoms with E-state index in [1.54, 1.807) is 13.2 Å². The summed E-state index contributed by atoms with van der Waals surface area (Å²) < 4.78 is 18.5. The summed E-state index contributed by atoms with van der Waals surface area (Å²) in [6.07, 6.45) is 3.18. The van der Waals surface area contributed by atoms with Gasteiger partial charge >= 0.3 is 5.97 Å². The van der Waals surface area contributed by atoms with Crippen LogP contribution in [-0.2, 0) is 16.5 Å². The first-order valence-corrected chi connectivity index (χ1v) is 13.1. The van der Waals surface area contributed by atoms with E-state index in [0.29, 0.717) is 36.0 Å². The third-order valence-corrected chi connectivity index (χ3v) is 6.93. The lowest BCUT2D eigenvalue weighted by Crippen LogP contribution is -2.38. The molecule has 0 spiro atoms. The molecule has 0 bridgehead atoms. The molecule has 1 saturated heterocycles. The predicted molar refractivity (Wildman–Crippen MR) is 156 cm³/mol. The Kier molecular flexibility index (Phi) is 7.76. The van der Waals surface area contributed by atoms with Gasteiger partial charge in [0.05, 0.1) is 43.1 Å². The van der Waals surface area contributed by atoms with Gasteiger partial charge in [0.15, 0.2) is 0 Å². The normalized spacial score (nSPS) is 13.3. The summed E-state index contributed by atoms with van der Waals surface area (Å²) in [5.41, 5.74) is 11.1. The molecule has 1 fully saturated rings. The third-order valence-electron chi connectivity index (χ3n) is 6.93. The number of rotatable bonds is 10. The summed E-state index contributed by atoms with van der Waals surface area (Å²) in [5.74, 6) is 0.386. The van der Waals surface area contributed by atoms with Crippen molar-refractivity contribution in [2.24, 2.45) is 7.05 Å². The van der Waals surface area contributed by atoms with Crippen molar-refractivity contribution in [2.45, 2.75) is 6.10 Å². The second-order valence-electron chi connectivity index (χ2n) is 10.2. The van der Waals surface area contributed by atoms with E-state index >= 15 is 0 Å². The van der Waals surface area contributed by atoms with Crippen LogP contribution in [0.3, 0.4) is 0 Å². The molecule has 0 amide bonds. The van der Waals surface area contributed by atoms with E-state index in [0.717, 1.165) is 35.2 Å². The van der Waals surface area contributed by atoms with E-state index in [2.05, 4.69) is 20.1 Å². The van der Waals surface area contributed by atoms with Crippen LogP contribution in [0.15, 0.2) is 48.8 Å². The number of methoxy groups -OCH3 is 1. The quantitative estimate of drug-likeness (QED) is 0.226. The number of anilines is 4. The summed E-state index contributed by atoms with van der Waals surface area (Å²) in [7, 11) is 9.62. The molecule has 1 aliphatic rings. The van der Waals surface area contributed by atoms with Crippen molar-refractivity contribution in [1.82, 2.24) is 19.4 Å². The summed E-state index contributed by atoms with van der Waals surface area (Å²) >= 11 is 0. The lowest BCUT2D eigenvalue weighted by molar-refractivity contribution is -0.103. The largest absolute Gasteiger partial charge is 0.494 e. The first-order valence-electron chi connectivity index (χ1n) is 13.1. The van der Waals surface area contributed by atoms with Crippen LogP contribution in [0.4, 0.5) is 23.0 Å². The molecular formula is C29H35N7O4. The van der Waals surface area contributed by atoms with Gasteiger partial charge in [0.25, 0.3) is 0 Å². The summed E-state index contributed by atoms with van der Waals surface area (Å²) in [4.78, 5) is 26.6. The number of hydrogen-bond donors (Lipinski definition) is 2. The van der Waals surface area contributed by atoms with Crippen LogP contribution in [0.5, 0.6) is 5.75 Å². The maximum atomic E-state index is 13.2. The molecule has 0 radical (unpaired) electrons. The number of ether oxygens (including phenoxy) is 3. The van der Waals surface area contributed by atoms with Crippen molar-refractivity contribution in [3.05, 3.63) is 54.4 Å². The van der Waals surface area contributed by atoms with Gasteiger partial charge in [-0.05, 0) is 26.2 Å². The highest BCUT2D eigenvalue weighted by atomic mass is 16.6. The molecule has 11 heteroatoms. The van der Waals surface area contributed by atoms with Crippen LogP contribution >= 0.6 is 0 Å². The highest BCUT2D eigenvalue weighted by Crippen LogP contribution is 2.37. The Bertz CT molecular complexity index is 1530. The van der Waals surface area contributed by atoms with E-state index in [9.17, 15) is 4.79 Å². The van der Waals surface area contributed by atoms with E-state index in [-0.39, 0.29) is 17.6 Å². The molecule has 0 saturated carbocycles. The van der Waals surface area contributed by atoms with Crippen molar-refractivity contribution in [1.29, 1.82) is 0 Å². The first-order chi connectivity index (χ1) is 19.2. The van der Waals surface area contributed by atoms with Crippen LogP contribution in [0.1, 0.15) is 10.4 Å². The molecule has 11 nitrogen and oxygen atoms in total. The van der Waals surface area contributed by atoms with E-state index in [1.807, 2.05) is 69.3 Å². The van der Waals surface area contributed by atoms with Crippen LogP contribution in [0, 0.1) is 0 Å². The van der Waals surface area contributed by atoms with Crippen LogP contribution in [0.2, 0.25) is 0 Å². The number of hydrogen-bond acceptors (Lipinski definition) is 10. The maximum Gasteiger partial charge on any atom is 0.342 e. The molecule has 0 unspecified atom stereocenters. The first kappa shape index (κ1) is 27.2. The molecule has 40 heavy (non-hydrogen) atoms. The fourth-order valence-electron chi connectivity index (χ4n) is 4.60. The Hall–Kier alpha value is -4.35. The fourth-order valence-corrected chi connectivity index (χ4v) is 4.60. The number of fused-ring (bicyclic) bond motifs is 1. The molecule has 3 heterocycles. The molecule has 2 aromatic heterocycles. The molecule has 5 rings (SSSR count). The smallest absolute Gasteiger partial charge is 0.342 e. The predicted octanol–water partition coefficient (Wildman–Crippen LogP) is 3.52. The molecule has 0 atom stereocenters. The van der Waals surface area contributed by atoms with Crippen molar-refractivity contribution in [3.63, 3.8) is 0 Å². The Morgan fingerprint density at radius 3 is 2.67 bits per heavy atom. The molecule has 2 aromatic carbocycles. The number of aromatic nitrogens is 3. The van der Waals surface area contributed by atoms with Crippen molar-refractivity contribution < 1.29 is 19.0 Å². The van der Waals surface area contributed by atoms with Gasteiger partial charge in [-0.15, -0.1) is 0 Å². The number of nitrogen functional groups attached to an aromatic ring is 1. The van der Waals surface area contributed by atoms with Gasteiger partial charge in [-0.1, -0.05) is 18.2 Å². The maximum absolute atomic E-state index is 13.2. The van der Waals surface area contributed by atoms with Gasteiger partial charge < -0.3 is 39.6 Å². The number of aryl methyl sites for hydroxylation is 1. The Labute approximate surface area is 233 Å². The third kappa shape index (κ3) is 5.51. The number of nitrogens with two attached hydrogens (primary N) is 1. The Morgan fingerprint density at radius 1 is 1.20 bits per heavy atom. The number of likely N-dealkylation sites (N-methyl/N-ethyl adjacent to an activating group) is 2. The minimum Gasteiger partial charge on any atom is -0.494 e. The topological polar surface area (TPSA) is 120 Å². The Morgan fingerprint density at radius 2 is 1.98 bits per heavy atom. The zero-order valence-electron chi connectivity index (χ0n) is 23.5. The fraction of sp³-hybridized carbons (Fsp3) is 0.345. The monoisotopic (exact) mass is 545 g/mol. The van der Waals surface area contributed by atoms with Gasteiger partial charge in [-0.2, -0.15) is 0 Å². The second kappa shape index (κ2) is 11.4. The Balaban J connectivity index is 1.52. The number of para-hydroxylation sites is 1. The van der Waals surface area contributed by atoms with Crippen molar-refractivity contribution in [2.75, 3.05) is 70.5 Å². The summed E-state index contributed by atoms with van der Waals surface area (Å²) in [6, 6.07) is 11.7. The van der Waals surface area contributed by atoms with E-state index in [1.165, 1.54) is 6.20 Å². The standard InChI is InChI=1S/C29H35N7O4/c1-34(2)10-11-35(3)25-13-26(38-5)23(12-22(25)30)32-29-31-14-20(28(37)40-18-16-39-17-18)27(33-29)21-15-36(4)24-9-7-6-8-19(21)24/h6-9,12-15,18H,10-11,16-17,30H2,1-5H3,(H,31,32,33). The van der Waals surface area contributed by atoms with E-state index in [4.69, 9.17) is 24.9 Å². The van der Waals surface area contributed by atoms with Gasteiger partial charge in [-0.3, -0.25) is 0 Å². The number of carbonyl (C=O) groups excluding carboxylic acids is 1. The minimum absolute atomic E-state index is 0.271. The molecule has 3 N–H and O–H groups in total. The SMILES string of the molecule is COc1cc(N(C)CCN(C)C)c(N)cc1Nc1ncc(C(=O)OC2COC2)c(-c2cn(C)c3ccccc23)n1. The molecular weight excluding hydrogens is 510 g/mol. The molecule has 0 aliphatic carbocycles. The molecule has 1 aliphatic heterocycles. The summed E-state index contributed by atoms with van der Waals surface area (Å²) in [5, 5.41) is 4.20. The lowest BCUT2D eigenvalue weighted by Gasteiger charge is -2.26. The van der Waals surface area contributed by atoms with Gasteiger partial charge in [0, 0.05) is 62.1 Å². The van der Waals surface area contributed by atoms with Crippen LogP contribution in [-0.4, -0.2) is 86.1 Å². The molecule has 4 aromatic rings. The number of nitrogens with zero attached hydrogens (tertiary/aromatic N) is 5. The average Bonchev–Trinajstić information content (AvgIpc) is 3.25. The number of nitrogens with one attached hydrogen (secondary N) is 1. The van der Waals surface area contributed by atoms with Crippen LogP contribution in [0.25, 0.3) is 22.2 Å². The number of carbonyl (C=O) groups is 1. The average molecular weight is 546 g/mol.